The quantitative estimate of drug-likeness (QED) is 0.662. The molecule has 1 aliphatic heterocycles. The number of halogens is 1. The molecule has 84 valence electrons. The first-order chi connectivity index (χ1) is 6.28. The van der Waals surface area contributed by atoms with Gasteiger partial charge in [0.25, 0.3) is 0 Å². The van der Waals surface area contributed by atoms with E-state index in [0.29, 0.717) is 0 Å². The molecular formula is C6H12BrNO4S2. The molecule has 8 heteroatoms. The molecule has 1 unspecified atom stereocenters. The second kappa shape index (κ2) is 4.07. The number of sulfonamides is 1. The van der Waals surface area contributed by atoms with E-state index >= 15 is 0 Å². The van der Waals surface area contributed by atoms with E-state index in [0.717, 1.165) is 0 Å². The summed E-state index contributed by atoms with van der Waals surface area (Å²) in [6.45, 7) is 1.67. The summed E-state index contributed by atoms with van der Waals surface area (Å²) in [6, 6.07) is -0.462. The lowest BCUT2D eigenvalue weighted by atomic mass is 10.4. The lowest BCUT2D eigenvalue weighted by Gasteiger charge is -2.31. The predicted octanol–water partition coefficient (Wildman–Crippen LogP) is -0.212. The van der Waals surface area contributed by atoms with Crippen molar-refractivity contribution in [2.75, 3.05) is 22.7 Å². The van der Waals surface area contributed by atoms with Crippen molar-refractivity contribution in [1.29, 1.82) is 0 Å². The summed E-state index contributed by atoms with van der Waals surface area (Å²) in [7, 11) is -6.39. The van der Waals surface area contributed by atoms with Crippen LogP contribution in [0.5, 0.6) is 0 Å². The molecule has 1 saturated heterocycles. The summed E-state index contributed by atoms with van der Waals surface area (Å²) in [4.78, 5) is 0. The van der Waals surface area contributed by atoms with Gasteiger partial charge in [-0.05, 0) is 6.92 Å². The van der Waals surface area contributed by atoms with E-state index in [1.54, 1.807) is 6.92 Å². The van der Waals surface area contributed by atoms with Crippen LogP contribution in [0.1, 0.15) is 6.92 Å². The molecule has 1 fully saturated rings. The fourth-order valence-electron chi connectivity index (χ4n) is 1.46. The summed E-state index contributed by atoms with van der Waals surface area (Å²) >= 11 is 2.88. The lowest BCUT2D eigenvalue weighted by Crippen LogP contribution is -2.49. The molecule has 0 aliphatic carbocycles. The molecule has 1 aliphatic rings. The Morgan fingerprint density at radius 3 is 2.50 bits per heavy atom. The summed E-state index contributed by atoms with van der Waals surface area (Å²) in [5, 5.41) is 0. The normalized spacial score (nSPS) is 28.9. The third kappa shape index (κ3) is 2.68. The van der Waals surface area contributed by atoms with E-state index in [1.165, 1.54) is 4.31 Å². The maximum atomic E-state index is 11.5. The van der Waals surface area contributed by atoms with Crippen LogP contribution in [0.3, 0.4) is 0 Å². The number of alkyl halides is 1. The molecule has 0 bridgehead atoms. The highest BCUT2D eigenvalue weighted by atomic mass is 79.9. The number of hydrogen-bond acceptors (Lipinski definition) is 4. The SMILES string of the molecule is CC1CS(=O)(=O)CCN1S(=O)(=O)CBr. The van der Waals surface area contributed by atoms with E-state index in [1.807, 2.05) is 0 Å². The van der Waals surface area contributed by atoms with Crippen LogP contribution < -0.4 is 0 Å². The van der Waals surface area contributed by atoms with Gasteiger partial charge in [0, 0.05) is 12.6 Å². The summed E-state index contributed by atoms with van der Waals surface area (Å²) in [5.41, 5.74) is 0. The molecule has 1 rings (SSSR count). The molecule has 0 aromatic heterocycles. The van der Waals surface area contributed by atoms with Gasteiger partial charge < -0.3 is 0 Å². The van der Waals surface area contributed by atoms with Crippen LogP contribution in [0.25, 0.3) is 0 Å². The van der Waals surface area contributed by atoms with E-state index in [-0.39, 0.29) is 22.7 Å². The van der Waals surface area contributed by atoms with Crippen LogP contribution in [0.15, 0.2) is 0 Å². The maximum Gasteiger partial charge on any atom is 0.224 e. The van der Waals surface area contributed by atoms with E-state index in [9.17, 15) is 16.8 Å². The van der Waals surface area contributed by atoms with Crippen LogP contribution in [-0.4, -0.2) is 49.9 Å². The third-order valence-corrected chi connectivity index (χ3v) is 7.17. The van der Waals surface area contributed by atoms with Crippen LogP contribution in [0, 0.1) is 0 Å². The van der Waals surface area contributed by atoms with E-state index in [2.05, 4.69) is 15.9 Å². The first-order valence-corrected chi connectivity index (χ1v) is 8.59. The van der Waals surface area contributed by atoms with Gasteiger partial charge in [0.1, 0.15) is 4.66 Å². The zero-order valence-corrected chi connectivity index (χ0v) is 10.9. The minimum absolute atomic E-state index is 0.0669. The van der Waals surface area contributed by atoms with Gasteiger partial charge in [-0.1, -0.05) is 15.9 Å². The maximum absolute atomic E-state index is 11.5. The number of sulfone groups is 1. The molecule has 0 N–H and O–H groups in total. The molecule has 14 heavy (non-hydrogen) atoms. The average molecular weight is 306 g/mol. The average Bonchev–Trinajstić information content (AvgIpc) is 2.01. The molecule has 0 amide bonds. The second-order valence-corrected chi connectivity index (χ2v) is 8.75. The van der Waals surface area contributed by atoms with Gasteiger partial charge in [-0.15, -0.1) is 0 Å². The minimum atomic E-state index is -3.34. The monoisotopic (exact) mass is 305 g/mol. The smallest absolute Gasteiger partial charge is 0.224 e. The van der Waals surface area contributed by atoms with Gasteiger partial charge in [-0.25, -0.2) is 16.8 Å². The van der Waals surface area contributed by atoms with Crippen molar-refractivity contribution in [3.05, 3.63) is 0 Å². The Kier molecular flexibility index (Phi) is 3.61. The predicted molar refractivity (Wildman–Crippen MR) is 57.5 cm³/mol. The number of rotatable bonds is 2. The lowest BCUT2D eigenvalue weighted by molar-refractivity contribution is 0.359. The molecule has 0 saturated carbocycles. The standard InChI is InChI=1S/C6H12BrNO4S2/c1-6-4-13(9,10)3-2-8(6)14(11,12)5-7/h6H,2-5H2,1H3. The Hall–Kier alpha value is 0.340. The van der Waals surface area contributed by atoms with Gasteiger partial charge >= 0.3 is 0 Å². The second-order valence-electron chi connectivity index (χ2n) is 3.30. The fraction of sp³-hybridized carbons (Fsp3) is 1.00. The highest BCUT2D eigenvalue weighted by Gasteiger charge is 2.34. The molecule has 0 aromatic carbocycles. The zero-order valence-electron chi connectivity index (χ0n) is 7.68. The Balaban J connectivity index is 2.88. The van der Waals surface area contributed by atoms with Crippen LogP contribution in [-0.2, 0) is 19.9 Å². The van der Waals surface area contributed by atoms with Gasteiger partial charge in [0.2, 0.25) is 10.0 Å². The van der Waals surface area contributed by atoms with Gasteiger partial charge in [-0.2, -0.15) is 4.31 Å². The summed E-state index contributed by atoms with van der Waals surface area (Å²) in [5.74, 6) is -0.164. The number of nitrogens with zero attached hydrogens (tertiary/aromatic N) is 1. The van der Waals surface area contributed by atoms with Crippen molar-refractivity contribution in [3.63, 3.8) is 0 Å². The topological polar surface area (TPSA) is 71.5 Å². The summed E-state index contributed by atoms with van der Waals surface area (Å²) < 4.78 is 46.4. The first kappa shape index (κ1) is 12.4. The molecule has 5 nitrogen and oxygen atoms in total. The minimum Gasteiger partial charge on any atom is -0.229 e. The Labute approximate surface area is 92.6 Å². The van der Waals surface area contributed by atoms with Gasteiger partial charge in [0.05, 0.1) is 11.5 Å². The third-order valence-electron chi connectivity index (χ3n) is 2.10. The molecule has 0 radical (unpaired) electrons. The van der Waals surface area contributed by atoms with Crippen molar-refractivity contribution in [2.45, 2.75) is 13.0 Å². The van der Waals surface area contributed by atoms with Crippen LogP contribution >= 0.6 is 15.9 Å². The fourth-order valence-corrected chi connectivity index (χ4v) is 5.13. The van der Waals surface area contributed by atoms with Crippen LogP contribution in [0.4, 0.5) is 0 Å². The van der Waals surface area contributed by atoms with Gasteiger partial charge in [-0.3, -0.25) is 0 Å². The van der Waals surface area contributed by atoms with Crippen LogP contribution in [0.2, 0.25) is 0 Å². The molecular weight excluding hydrogens is 294 g/mol. The van der Waals surface area contributed by atoms with Gasteiger partial charge in [0.15, 0.2) is 9.84 Å². The molecule has 1 atom stereocenters. The Bertz CT molecular complexity index is 402. The Morgan fingerprint density at radius 1 is 1.50 bits per heavy atom. The molecule has 0 aromatic rings. The van der Waals surface area contributed by atoms with Crippen molar-refractivity contribution < 1.29 is 16.8 Å². The van der Waals surface area contributed by atoms with E-state index in [4.69, 9.17) is 0 Å². The first-order valence-electron chi connectivity index (χ1n) is 4.04. The van der Waals surface area contributed by atoms with Crippen molar-refractivity contribution in [1.82, 2.24) is 4.31 Å². The number of hydrogen-bond donors (Lipinski definition) is 0. The molecule has 1 heterocycles. The highest BCUT2D eigenvalue weighted by Crippen LogP contribution is 2.16. The van der Waals surface area contributed by atoms with Crippen molar-refractivity contribution in [3.8, 4) is 0 Å². The largest absolute Gasteiger partial charge is 0.229 e. The zero-order chi connectivity index (χ0) is 11.0. The highest BCUT2D eigenvalue weighted by molar-refractivity contribution is 9.10. The van der Waals surface area contributed by atoms with Crippen molar-refractivity contribution in [2.24, 2.45) is 0 Å². The van der Waals surface area contributed by atoms with E-state index < -0.39 is 25.9 Å². The van der Waals surface area contributed by atoms with Crippen molar-refractivity contribution >= 4 is 35.8 Å². The summed E-state index contributed by atoms with van der Waals surface area (Å²) in [6.07, 6.45) is 0. The molecule has 0 spiro atoms. The Morgan fingerprint density at radius 2 is 2.07 bits per heavy atom.